The highest BCUT2D eigenvalue weighted by Crippen LogP contribution is 2.19. The van der Waals surface area contributed by atoms with Crippen molar-refractivity contribution in [3.63, 3.8) is 0 Å². The number of nitrogens with zero attached hydrogens (tertiary/aromatic N) is 4. The molecule has 0 amide bonds. The van der Waals surface area contributed by atoms with Crippen LogP contribution in [-0.4, -0.2) is 22.8 Å². The first kappa shape index (κ1) is 13.5. The summed E-state index contributed by atoms with van der Waals surface area (Å²) in [6, 6.07) is 4.00. The van der Waals surface area contributed by atoms with Gasteiger partial charge in [0.2, 0.25) is 0 Å². The maximum Gasteiger partial charge on any atom is 0.164 e. The molecule has 0 aliphatic carbocycles. The number of nitriles is 2. The summed E-state index contributed by atoms with van der Waals surface area (Å²) in [5.74, 6) is 0. The van der Waals surface area contributed by atoms with E-state index in [4.69, 9.17) is 15.6 Å². The normalized spacial score (nSPS) is 15.6. The largest absolute Gasteiger partial charge is 0.396 e. The van der Waals surface area contributed by atoms with Crippen LogP contribution in [0.25, 0.3) is 0 Å². The lowest BCUT2D eigenvalue weighted by atomic mass is 9.99. The third kappa shape index (κ3) is 5.09. The number of rotatable bonds is 5. The summed E-state index contributed by atoms with van der Waals surface area (Å²) < 4.78 is 0. The zero-order valence-electron chi connectivity index (χ0n) is 9.36. The van der Waals surface area contributed by atoms with Crippen molar-refractivity contribution in [3.8, 4) is 12.1 Å². The molecular weight excluding hydrogens is 192 g/mol. The molecule has 0 aromatic rings. The van der Waals surface area contributed by atoms with E-state index in [1.165, 1.54) is 0 Å². The van der Waals surface area contributed by atoms with Crippen molar-refractivity contribution in [3.05, 3.63) is 0 Å². The fourth-order valence-electron chi connectivity index (χ4n) is 0.809. The van der Waals surface area contributed by atoms with Gasteiger partial charge in [-0.2, -0.15) is 20.8 Å². The van der Waals surface area contributed by atoms with E-state index >= 15 is 0 Å². The zero-order valence-corrected chi connectivity index (χ0v) is 9.36. The predicted molar refractivity (Wildman–Crippen MR) is 54.9 cm³/mol. The summed E-state index contributed by atoms with van der Waals surface area (Å²) >= 11 is 0. The second-order valence-electron chi connectivity index (χ2n) is 4.08. The molecule has 15 heavy (non-hydrogen) atoms. The van der Waals surface area contributed by atoms with Gasteiger partial charge in [0.05, 0.1) is 12.1 Å². The fourth-order valence-corrected chi connectivity index (χ4v) is 0.809. The Labute approximate surface area is 90.0 Å². The summed E-state index contributed by atoms with van der Waals surface area (Å²) in [7, 11) is 0. The third-order valence-electron chi connectivity index (χ3n) is 1.86. The van der Waals surface area contributed by atoms with Crippen molar-refractivity contribution >= 4 is 0 Å². The van der Waals surface area contributed by atoms with Gasteiger partial charge in [-0.05, 0) is 33.6 Å². The fraction of sp³-hybridized carbons (Fsp3) is 0.800. The Bertz CT molecular complexity index is 310. The van der Waals surface area contributed by atoms with Gasteiger partial charge in [-0.3, -0.25) is 0 Å². The van der Waals surface area contributed by atoms with Gasteiger partial charge in [-0.25, -0.2) is 0 Å². The Morgan fingerprint density at radius 1 is 1.13 bits per heavy atom. The van der Waals surface area contributed by atoms with E-state index in [1.807, 2.05) is 12.1 Å². The number of hydrogen-bond acceptors (Lipinski definition) is 5. The second kappa shape index (κ2) is 5.43. The average molecular weight is 208 g/mol. The topological polar surface area (TPSA) is 92.5 Å². The molecule has 0 aliphatic rings. The molecule has 0 spiro atoms. The van der Waals surface area contributed by atoms with E-state index in [2.05, 4.69) is 10.2 Å². The number of aliphatic hydroxyl groups excluding tert-OH is 1. The SMILES string of the molecule is CC(C)(C#N)N=NC(C)(C#N)CCCO. The molecule has 0 heterocycles. The van der Waals surface area contributed by atoms with Crippen LogP contribution in [0.5, 0.6) is 0 Å². The van der Waals surface area contributed by atoms with Crippen molar-refractivity contribution in [1.29, 1.82) is 10.5 Å². The molecule has 0 aliphatic heterocycles. The minimum Gasteiger partial charge on any atom is -0.396 e. The lowest BCUT2D eigenvalue weighted by Gasteiger charge is -2.16. The minimum atomic E-state index is -0.948. The quantitative estimate of drug-likeness (QED) is 0.698. The van der Waals surface area contributed by atoms with Crippen molar-refractivity contribution in [1.82, 2.24) is 0 Å². The Morgan fingerprint density at radius 3 is 2.13 bits per heavy atom. The maximum absolute atomic E-state index is 8.91. The van der Waals surface area contributed by atoms with Crippen molar-refractivity contribution in [2.24, 2.45) is 10.2 Å². The molecule has 1 atom stereocenters. The molecule has 1 N–H and O–H groups in total. The van der Waals surface area contributed by atoms with Crippen molar-refractivity contribution in [2.45, 2.75) is 44.7 Å². The van der Waals surface area contributed by atoms with Crippen LogP contribution in [0.1, 0.15) is 33.6 Å². The molecule has 0 aromatic carbocycles. The van der Waals surface area contributed by atoms with Gasteiger partial charge in [-0.1, -0.05) is 0 Å². The first-order valence-electron chi connectivity index (χ1n) is 4.76. The molecule has 0 aromatic heterocycles. The first-order valence-corrected chi connectivity index (χ1v) is 4.76. The highest BCUT2D eigenvalue weighted by Gasteiger charge is 2.24. The number of aliphatic hydroxyl groups is 1. The molecule has 0 rings (SSSR count). The maximum atomic E-state index is 8.91. The Kier molecular flexibility index (Phi) is 4.90. The van der Waals surface area contributed by atoms with Crippen LogP contribution >= 0.6 is 0 Å². The second-order valence-corrected chi connectivity index (χ2v) is 4.08. The van der Waals surface area contributed by atoms with Gasteiger partial charge in [0.1, 0.15) is 0 Å². The molecule has 0 fully saturated rings. The summed E-state index contributed by atoms with van der Waals surface area (Å²) in [6.07, 6.45) is 0.932. The molecule has 0 saturated heterocycles. The van der Waals surface area contributed by atoms with Gasteiger partial charge in [0, 0.05) is 6.61 Å². The molecule has 82 valence electrons. The van der Waals surface area contributed by atoms with Crippen LogP contribution in [0.3, 0.4) is 0 Å². The monoisotopic (exact) mass is 208 g/mol. The summed E-state index contributed by atoms with van der Waals surface area (Å²) in [4.78, 5) is 0. The Hall–Kier alpha value is -1.46. The molecule has 0 bridgehead atoms. The molecule has 5 heteroatoms. The summed E-state index contributed by atoms with van der Waals surface area (Å²) in [6.45, 7) is 4.91. The van der Waals surface area contributed by atoms with Crippen LogP contribution < -0.4 is 0 Å². The van der Waals surface area contributed by atoms with Crippen LogP contribution in [0.2, 0.25) is 0 Å². The minimum absolute atomic E-state index is 0.0223. The lowest BCUT2D eigenvalue weighted by Crippen LogP contribution is -2.21. The predicted octanol–water partition coefficient (Wildman–Crippen LogP) is 1.80. The molecular formula is C10H16N4O. The highest BCUT2D eigenvalue weighted by atomic mass is 16.2. The summed E-state index contributed by atoms with van der Waals surface area (Å²) in [5, 5.41) is 34.0. The van der Waals surface area contributed by atoms with Gasteiger partial charge in [0.25, 0.3) is 0 Å². The lowest BCUT2D eigenvalue weighted by molar-refractivity contribution is 0.273. The van der Waals surface area contributed by atoms with Gasteiger partial charge in [0.15, 0.2) is 11.1 Å². The van der Waals surface area contributed by atoms with E-state index in [9.17, 15) is 0 Å². The Balaban J connectivity index is 4.60. The van der Waals surface area contributed by atoms with E-state index in [1.54, 1.807) is 20.8 Å². The smallest absolute Gasteiger partial charge is 0.164 e. The molecule has 0 radical (unpaired) electrons. The third-order valence-corrected chi connectivity index (χ3v) is 1.86. The highest BCUT2D eigenvalue weighted by molar-refractivity contribution is 5.05. The van der Waals surface area contributed by atoms with Gasteiger partial charge >= 0.3 is 0 Å². The summed E-state index contributed by atoms with van der Waals surface area (Å²) in [5.41, 5.74) is -1.85. The first-order chi connectivity index (χ1) is 6.89. The van der Waals surface area contributed by atoms with E-state index in [0.29, 0.717) is 12.8 Å². The van der Waals surface area contributed by atoms with Gasteiger partial charge in [-0.15, -0.1) is 0 Å². The molecule has 5 nitrogen and oxygen atoms in total. The van der Waals surface area contributed by atoms with E-state index in [-0.39, 0.29) is 6.61 Å². The van der Waals surface area contributed by atoms with Crippen LogP contribution in [0, 0.1) is 22.7 Å². The van der Waals surface area contributed by atoms with Crippen LogP contribution in [-0.2, 0) is 0 Å². The van der Waals surface area contributed by atoms with Crippen molar-refractivity contribution < 1.29 is 5.11 Å². The van der Waals surface area contributed by atoms with Crippen molar-refractivity contribution in [2.75, 3.05) is 6.61 Å². The number of azo groups is 1. The zero-order chi connectivity index (χ0) is 11.9. The van der Waals surface area contributed by atoms with Crippen LogP contribution in [0.4, 0.5) is 0 Å². The van der Waals surface area contributed by atoms with Crippen LogP contribution in [0.15, 0.2) is 10.2 Å². The average Bonchev–Trinajstić information content (AvgIpc) is 2.24. The Morgan fingerprint density at radius 2 is 1.73 bits per heavy atom. The standard InChI is InChI=1S/C10H16N4O/c1-9(2,7-11)13-14-10(3,8-12)5-4-6-15/h15H,4-6H2,1-3H3. The van der Waals surface area contributed by atoms with E-state index < -0.39 is 11.1 Å². The number of hydrogen-bond donors (Lipinski definition) is 1. The molecule has 1 unspecified atom stereocenters. The molecule has 0 saturated carbocycles. The van der Waals surface area contributed by atoms with Gasteiger partial charge < -0.3 is 5.11 Å². The van der Waals surface area contributed by atoms with E-state index in [0.717, 1.165) is 0 Å².